The Balaban J connectivity index is 2.00. The molecule has 0 fully saturated rings. The van der Waals surface area contributed by atoms with Crippen LogP contribution in [0.25, 0.3) is 0 Å². The minimum Gasteiger partial charge on any atom is -0.508 e. The SMILES string of the molecule is CC1=C(C(=O)Nc2cccc(C)c2)C(c2cc(Br)ccc2O)NC(=O)N1. The number of amides is 3. The van der Waals surface area contributed by atoms with E-state index in [4.69, 9.17) is 0 Å². The van der Waals surface area contributed by atoms with Crippen molar-refractivity contribution in [3.05, 3.63) is 69.3 Å². The van der Waals surface area contributed by atoms with Crippen molar-refractivity contribution in [1.29, 1.82) is 0 Å². The molecule has 1 aliphatic rings. The Morgan fingerprint density at radius 1 is 1.19 bits per heavy atom. The van der Waals surface area contributed by atoms with Crippen molar-refractivity contribution in [3.8, 4) is 5.75 Å². The smallest absolute Gasteiger partial charge is 0.319 e. The topological polar surface area (TPSA) is 90.5 Å². The number of carbonyl (C=O) groups excluding carboxylic acids is 2. The number of allylic oxidation sites excluding steroid dienone is 1. The lowest BCUT2D eigenvalue weighted by molar-refractivity contribution is -0.113. The van der Waals surface area contributed by atoms with Gasteiger partial charge in [-0.05, 0) is 49.7 Å². The third kappa shape index (κ3) is 3.72. The number of aromatic hydroxyl groups is 1. The fraction of sp³-hybridized carbons (Fsp3) is 0.158. The van der Waals surface area contributed by atoms with Crippen molar-refractivity contribution >= 4 is 33.6 Å². The van der Waals surface area contributed by atoms with Gasteiger partial charge in [-0.15, -0.1) is 0 Å². The molecule has 4 N–H and O–H groups in total. The number of hydrogen-bond donors (Lipinski definition) is 4. The van der Waals surface area contributed by atoms with Gasteiger partial charge in [-0.1, -0.05) is 28.1 Å². The molecule has 134 valence electrons. The van der Waals surface area contributed by atoms with Gasteiger partial charge >= 0.3 is 6.03 Å². The number of rotatable bonds is 3. The van der Waals surface area contributed by atoms with Gasteiger partial charge in [0, 0.05) is 21.4 Å². The van der Waals surface area contributed by atoms with E-state index in [-0.39, 0.29) is 11.7 Å². The van der Waals surface area contributed by atoms with Crippen LogP contribution in [0.5, 0.6) is 5.75 Å². The van der Waals surface area contributed by atoms with Crippen LogP contribution in [0.1, 0.15) is 24.1 Å². The molecule has 2 aromatic carbocycles. The van der Waals surface area contributed by atoms with Crippen LogP contribution in [0.3, 0.4) is 0 Å². The van der Waals surface area contributed by atoms with E-state index < -0.39 is 12.1 Å². The Hall–Kier alpha value is -2.80. The second kappa shape index (κ2) is 7.21. The predicted octanol–water partition coefficient (Wildman–Crippen LogP) is 3.73. The maximum Gasteiger partial charge on any atom is 0.319 e. The highest BCUT2D eigenvalue weighted by atomic mass is 79.9. The number of benzene rings is 2. The van der Waals surface area contributed by atoms with Crippen LogP contribution in [0.2, 0.25) is 0 Å². The minimum atomic E-state index is -0.772. The first-order valence-corrected chi connectivity index (χ1v) is 8.79. The standard InChI is InChI=1S/C19H18BrN3O3/c1-10-4-3-5-13(8-10)22-18(25)16-11(2)21-19(26)23-17(16)14-9-12(20)6-7-15(14)24/h3-9,17,24H,1-2H3,(H,22,25)(H2,21,23,26). The molecule has 0 radical (unpaired) electrons. The quantitative estimate of drug-likeness (QED) is 0.615. The number of anilines is 1. The summed E-state index contributed by atoms with van der Waals surface area (Å²) in [5.41, 5.74) is 2.87. The van der Waals surface area contributed by atoms with Crippen molar-refractivity contribution in [3.63, 3.8) is 0 Å². The zero-order valence-electron chi connectivity index (χ0n) is 14.3. The van der Waals surface area contributed by atoms with Gasteiger partial charge in [0.25, 0.3) is 5.91 Å². The molecular formula is C19H18BrN3O3. The Labute approximate surface area is 159 Å². The van der Waals surface area contributed by atoms with Crippen LogP contribution in [0.15, 0.2) is 58.2 Å². The van der Waals surface area contributed by atoms with Crippen molar-refractivity contribution in [2.45, 2.75) is 19.9 Å². The molecule has 6 nitrogen and oxygen atoms in total. The molecule has 1 unspecified atom stereocenters. The highest BCUT2D eigenvalue weighted by Crippen LogP contribution is 2.34. The predicted molar refractivity (Wildman–Crippen MR) is 103 cm³/mol. The first kappa shape index (κ1) is 18.0. The van der Waals surface area contributed by atoms with E-state index >= 15 is 0 Å². The lowest BCUT2D eigenvalue weighted by Crippen LogP contribution is -2.46. The number of urea groups is 1. The van der Waals surface area contributed by atoms with Gasteiger partial charge in [-0.2, -0.15) is 0 Å². The highest BCUT2D eigenvalue weighted by Gasteiger charge is 2.32. The molecule has 1 heterocycles. The van der Waals surface area contributed by atoms with E-state index in [2.05, 4.69) is 31.9 Å². The van der Waals surface area contributed by atoms with Crippen molar-refractivity contribution in [2.24, 2.45) is 0 Å². The van der Waals surface area contributed by atoms with Gasteiger partial charge in [0.2, 0.25) is 0 Å². The Morgan fingerprint density at radius 2 is 1.96 bits per heavy atom. The fourth-order valence-electron chi connectivity index (χ4n) is 2.91. The van der Waals surface area contributed by atoms with Gasteiger partial charge in [-0.3, -0.25) is 4.79 Å². The highest BCUT2D eigenvalue weighted by molar-refractivity contribution is 9.10. The van der Waals surface area contributed by atoms with E-state index in [0.29, 0.717) is 22.5 Å². The van der Waals surface area contributed by atoms with Gasteiger partial charge in [0.05, 0.1) is 11.6 Å². The molecule has 1 atom stereocenters. The summed E-state index contributed by atoms with van der Waals surface area (Å²) >= 11 is 3.36. The van der Waals surface area contributed by atoms with Gasteiger partial charge < -0.3 is 21.1 Å². The number of hydrogen-bond acceptors (Lipinski definition) is 3. The number of aryl methyl sites for hydroxylation is 1. The summed E-state index contributed by atoms with van der Waals surface area (Å²) in [6.07, 6.45) is 0. The van der Waals surface area contributed by atoms with Crippen LogP contribution in [-0.4, -0.2) is 17.0 Å². The first-order chi connectivity index (χ1) is 12.3. The van der Waals surface area contributed by atoms with E-state index in [1.165, 1.54) is 6.07 Å². The molecule has 3 rings (SSSR count). The molecule has 7 heteroatoms. The summed E-state index contributed by atoms with van der Waals surface area (Å²) in [5.74, 6) is -0.362. The molecule has 0 bridgehead atoms. The summed E-state index contributed by atoms with van der Waals surface area (Å²) in [6, 6.07) is 11.1. The van der Waals surface area contributed by atoms with Crippen LogP contribution in [0, 0.1) is 6.92 Å². The molecule has 0 saturated heterocycles. The number of halogens is 1. The molecular weight excluding hydrogens is 398 g/mol. The van der Waals surface area contributed by atoms with Crippen LogP contribution in [-0.2, 0) is 4.79 Å². The van der Waals surface area contributed by atoms with Crippen molar-refractivity contribution < 1.29 is 14.7 Å². The summed E-state index contributed by atoms with van der Waals surface area (Å²) in [4.78, 5) is 24.9. The maximum absolute atomic E-state index is 12.9. The molecule has 26 heavy (non-hydrogen) atoms. The van der Waals surface area contributed by atoms with Crippen molar-refractivity contribution in [2.75, 3.05) is 5.32 Å². The summed E-state index contributed by atoms with van der Waals surface area (Å²) in [5, 5.41) is 18.4. The number of carbonyl (C=O) groups is 2. The molecule has 0 aliphatic carbocycles. The third-order valence-corrected chi connectivity index (χ3v) is 4.58. The molecule has 3 amide bonds. The Bertz CT molecular complexity index is 924. The van der Waals surface area contributed by atoms with Crippen LogP contribution >= 0.6 is 15.9 Å². The number of phenolic OH excluding ortho intramolecular Hbond substituents is 1. The lowest BCUT2D eigenvalue weighted by Gasteiger charge is -2.29. The Kier molecular flexibility index (Phi) is 4.99. The van der Waals surface area contributed by atoms with Crippen molar-refractivity contribution in [1.82, 2.24) is 10.6 Å². The van der Waals surface area contributed by atoms with Gasteiger partial charge in [0.15, 0.2) is 0 Å². The lowest BCUT2D eigenvalue weighted by atomic mass is 9.94. The average molecular weight is 416 g/mol. The fourth-order valence-corrected chi connectivity index (χ4v) is 3.28. The van der Waals surface area contributed by atoms with E-state index in [1.54, 1.807) is 25.1 Å². The van der Waals surface area contributed by atoms with Gasteiger partial charge in [0.1, 0.15) is 5.75 Å². The average Bonchev–Trinajstić information content (AvgIpc) is 2.56. The second-order valence-corrected chi connectivity index (χ2v) is 7.01. The number of phenols is 1. The normalized spacial score (nSPS) is 16.7. The zero-order valence-corrected chi connectivity index (χ0v) is 15.8. The van der Waals surface area contributed by atoms with E-state index in [1.807, 2.05) is 25.1 Å². The second-order valence-electron chi connectivity index (χ2n) is 6.10. The van der Waals surface area contributed by atoms with Crippen LogP contribution in [0.4, 0.5) is 10.5 Å². The monoisotopic (exact) mass is 415 g/mol. The maximum atomic E-state index is 12.9. The molecule has 1 aliphatic heterocycles. The van der Waals surface area contributed by atoms with Gasteiger partial charge in [-0.25, -0.2) is 4.79 Å². The first-order valence-electron chi connectivity index (χ1n) is 8.00. The van der Waals surface area contributed by atoms with E-state index in [9.17, 15) is 14.7 Å². The number of nitrogens with one attached hydrogen (secondary N) is 3. The largest absolute Gasteiger partial charge is 0.508 e. The third-order valence-electron chi connectivity index (χ3n) is 4.09. The Morgan fingerprint density at radius 3 is 2.69 bits per heavy atom. The molecule has 0 saturated carbocycles. The molecule has 0 aromatic heterocycles. The van der Waals surface area contributed by atoms with E-state index in [0.717, 1.165) is 10.0 Å². The molecule has 2 aromatic rings. The summed E-state index contributed by atoms with van der Waals surface area (Å²) in [7, 11) is 0. The summed E-state index contributed by atoms with van der Waals surface area (Å²) < 4.78 is 0.731. The summed E-state index contributed by atoms with van der Waals surface area (Å²) in [6.45, 7) is 3.59. The van der Waals surface area contributed by atoms with Crippen LogP contribution < -0.4 is 16.0 Å². The zero-order chi connectivity index (χ0) is 18.8. The molecule has 0 spiro atoms. The minimum absolute atomic E-state index is 0.00550.